The summed E-state index contributed by atoms with van der Waals surface area (Å²) in [7, 11) is 1.79. The van der Waals surface area contributed by atoms with Crippen LogP contribution in [0.2, 0.25) is 0 Å². The number of anilines is 1. The van der Waals surface area contributed by atoms with Crippen LogP contribution in [0.4, 0.5) is 5.13 Å². The predicted molar refractivity (Wildman–Crippen MR) is 78.8 cm³/mol. The molecule has 0 bridgehead atoms. The lowest BCUT2D eigenvalue weighted by Gasteiger charge is -2.31. The van der Waals surface area contributed by atoms with E-state index in [0.29, 0.717) is 0 Å². The van der Waals surface area contributed by atoms with Gasteiger partial charge in [-0.25, -0.2) is 4.98 Å². The van der Waals surface area contributed by atoms with E-state index in [2.05, 4.69) is 4.90 Å². The van der Waals surface area contributed by atoms with Crippen LogP contribution in [0.25, 0.3) is 0 Å². The fourth-order valence-corrected chi connectivity index (χ4v) is 4.30. The molecule has 3 rings (SSSR count). The van der Waals surface area contributed by atoms with Gasteiger partial charge in [0.25, 0.3) is 0 Å². The molecule has 2 aliphatic rings. The molecule has 1 saturated heterocycles. The molecule has 19 heavy (non-hydrogen) atoms. The fraction of sp³-hybridized carbons (Fsp3) is 0.786. The molecular weight excluding hydrogens is 258 g/mol. The first-order valence-electron chi connectivity index (χ1n) is 7.27. The molecule has 1 unspecified atom stereocenters. The number of methoxy groups -OCH3 is 1. The first kappa shape index (κ1) is 13.3. The average Bonchev–Trinajstić information content (AvgIpc) is 2.85. The highest BCUT2D eigenvalue weighted by Gasteiger charge is 2.26. The van der Waals surface area contributed by atoms with Crippen molar-refractivity contribution in [2.45, 2.75) is 38.1 Å². The van der Waals surface area contributed by atoms with Gasteiger partial charge in [-0.15, -0.1) is 0 Å². The van der Waals surface area contributed by atoms with Crippen molar-refractivity contribution >= 4 is 16.5 Å². The number of thiazole rings is 1. The van der Waals surface area contributed by atoms with Crippen LogP contribution in [-0.2, 0) is 11.2 Å². The largest absolute Gasteiger partial charge is 0.384 e. The maximum Gasteiger partial charge on any atom is 0.185 e. The van der Waals surface area contributed by atoms with Gasteiger partial charge in [-0.05, 0) is 38.0 Å². The summed E-state index contributed by atoms with van der Waals surface area (Å²) < 4.78 is 5.25. The van der Waals surface area contributed by atoms with Gasteiger partial charge in [0, 0.05) is 37.7 Å². The molecular formula is C14H23N3OS. The van der Waals surface area contributed by atoms with Gasteiger partial charge >= 0.3 is 0 Å². The third kappa shape index (κ3) is 2.78. The summed E-state index contributed by atoms with van der Waals surface area (Å²) >= 11 is 1.82. The summed E-state index contributed by atoms with van der Waals surface area (Å²) in [5.74, 6) is 0.720. The molecule has 0 saturated carbocycles. The number of ether oxygens (including phenoxy) is 1. The number of hydrogen-bond acceptors (Lipinski definition) is 5. The molecule has 2 heterocycles. The third-order valence-electron chi connectivity index (χ3n) is 4.27. The van der Waals surface area contributed by atoms with Crippen molar-refractivity contribution < 1.29 is 4.74 Å². The van der Waals surface area contributed by atoms with E-state index in [1.54, 1.807) is 7.11 Å². The first-order valence-corrected chi connectivity index (χ1v) is 8.08. The smallest absolute Gasteiger partial charge is 0.185 e. The van der Waals surface area contributed by atoms with Crippen molar-refractivity contribution in [2.24, 2.45) is 11.7 Å². The second-order valence-corrected chi connectivity index (χ2v) is 6.70. The molecule has 1 aromatic rings. The van der Waals surface area contributed by atoms with Gasteiger partial charge in [0.05, 0.1) is 5.69 Å². The molecule has 4 nitrogen and oxygen atoms in total. The summed E-state index contributed by atoms with van der Waals surface area (Å²) in [5, 5.41) is 1.19. The van der Waals surface area contributed by atoms with Crippen LogP contribution in [0.5, 0.6) is 0 Å². The lowest BCUT2D eigenvalue weighted by Crippen LogP contribution is -2.34. The molecule has 2 N–H and O–H groups in total. The second-order valence-electron chi connectivity index (χ2n) is 5.69. The first-order chi connectivity index (χ1) is 9.28. The van der Waals surface area contributed by atoms with Gasteiger partial charge in [-0.2, -0.15) is 0 Å². The maximum absolute atomic E-state index is 6.19. The highest BCUT2D eigenvalue weighted by atomic mass is 32.1. The lowest BCUT2D eigenvalue weighted by molar-refractivity contribution is 0.139. The van der Waals surface area contributed by atoms with Crippen molar-refractivity contribution in [3.8, 4) is 0 Å². The third-order valence-corrected chi connectivity index (χ3v) is 5.56. The Morgan fingerprint density at radius 3 is 2.84 bits per heavy atom. The van der Waals surface area contributed by atoms with Gasteiger partial charge in [0.1, 0.15) is 0 Å². The van der Waals surface area contributed by atoms with Crippen molar-refractivity contribution in [1.82, 2.24) is 4.98 Å². The lowest BCUT2D eigenvalue weighted by atomic mass is 9.98. The molecule has 1 fully saturated rings. The molecule has 106 valence electrons. The molecule has 0 amide bonds. The van der Waals surface area contributed by atoms with Crippen LogP contribution in [0.15, 0.2) is 0 Å². The van der Waals surface area contributed by atoms with E-state index in [-0.39, 0.29) is 6.04 Å². The number of aromatic nitrogens is 1. The molecule has 1 aromatic heterocycles. The Morgan fingerprint density at radius 1 is 1.37 bits per heavy atom. The maximum atomic E-state index is 6.19. The van der Waals surface area contributed by atoms with E-state index in [0.717, 1.165) is 38.5 Å². The Bertz CT molecular complexity index is 426. The fourth-order valence-electron chi connectivity index (χ4n) is 3.10. The Labute approximate surface area is 119 Å². The van der Waals surface area contributed by atoms with E-state index in [4.69, 9.17) is 15.5 Å². The van der Waals surface area contributed by atoms with Crippen molar-refractivity contribution in [1.29, 1.82) is 0 Å². The van der Waals surface area contributed by atoms with Crippen LogP contribution >= 0.6 is 11.3 Å². The average molecular weight is 281 g/mol. The van der Waals surface area contributed by atoms with E-state index >= 15 is 0 Å². The van der Waals surface area contributed by atoms with Gasteiger partial charge in [-0.1, -0.05) is 11.3 Å². The number of aryl methyl sites for hydroxylation is 1. The Balaban J connectivity index is 1.67. The van der Waals surface area contributed by atoms with Gasteiger partial charge in [-0.3, -0.25) is 0 Å². The normalized spacial score (nSPS) is 24.5. The zero-order chi connectivity index (χ0) is 13.2. The number of hydrogen-bond donors (Lipinski definition) is 1. The molecule has 1 aliphatic carbocycles. The quantitative estimate of drug-likeness (QED) is 0.924. The van der Waals surface area contributed by atoms with Crippen LogP contribution in [0.3, 0.4) is 0 Å². The van der Waals surface area contributed by atoms with Crippen LogP contribution in [-0.4, -0.2) is 31.8 Å². The van der Waals surface area contributed by atoms with E-state index in [9.17, 15) is 0 Å². The second kappa shape index (κ2) is 5.77. The molecule has 1 atom stereocenters. The zero-order valence-electron chi connectivity index (χ0n) is 11.6. The minimum atomic E-state index is 0.223. The molecule has 5 heteroatoms. The van der Waals surface area contributed by atoms with Crippen LogP contribution < -0.4 is 10.6 Å². The topological polar surface area (TPSA) is 51.4 Å². The van der Waals surface area contributed by atoms with Crippen LogP contribution in [0, 0.1) is 5.92 Å². The Hall–Kier alpha value is -0.650. The summed E-state index contributed by atoms with van der Waals surface area (Å²) in [4.78, 5) is 8.60. The number of piperidine rings is 1. The minimum absolute atomic E-state index is 0.223. The number of fused-ring (bicyclic) bond motifs is 1. The molecule has 1 aliphatic heterocycles. The van der Waals surface area contributed by atoms with E-state index in [1.807, 2.05) is 11.3 Å². The predicted octanol–water partition coefficient (Wildman–Crippen LogP) is 2.34. The monoisotopic (exact) mass is 281 g/mol. The SMILES string of the molecule is COCC1CCN(c2nc3c(s2)C(N)CCC3)CC1. The minimum Gasteiger partial charge on any atom is -0.384 e. The van der Waals surface area contributed by atoms with Crippen molar-refractivity contribution in [3.63, 3.8) is 0 Å². The zero-order valence-corrected chi connectivity index (χ0v) is 12.4. The number of rotatable bonds is 3. The van der Waals surface area contributed by atoms with Crippen molar-refractivity contribution in [3.05, 3.63) is 10.6 Å². The van der Waals surface area contributed by atoms with Gasteiger partial charge in [0.15, 0.2) is 5.13 Å². The van der Waals surface area contributed by atoms with Gasteiger partial charge < -0.3 is 15.4 Å². The highest BCUT2D eigenvalue weighted by molar-refractivity contribution is 7.15. The van der Waals surface area contributed by atoms with Crippen molar-refractivity contribution in [2.75, 3.05) is 31.7 Å². The summed E-state index contributed by atoms with van der Waals surface area (Å²) in [5.41, 5.74) is 7.45. The molecule has 0 spiro atoms. The Morgan fingerprint density at radius 2 is 2.16 bits per heavy atom. The van der Waals surface area contributed by atoms with E-state index in [1.165, 1.54) is 35.0 Å². The van der Waals surface area contributed by atoms with Crippen LogP contribution in [0.1, 0.15) is 42.3 Å². The number of nitrogens with zero attached hydrogens (tertiary/aromatic N) is 2. The van der Waals surface area contributed by atoms with E-state index < -0.39 is 0 Å². The Kier molecular flexibility index (Phi) is 4.05. The molecule has 0 radical (unpaired) electrons. The summed E-state index contributed by atoms with van der Waals surface area (Å²) in [6.07, 6.45) is 5.84. The van der Waals surface area contributed by atoms with Gasteiger partial charge in [0.2, 0.25) is 0 Å². The summed E-state index contributed by atoms with van der Waals surface area (Å²) in [6, 6.07) is 0.223. The summed E-state index contributed by atoms with van der Waals surface area (Å²) in [6.45, 7) is 3.11. The highest BCUT2D eigenvalue weighted by Crippen LogP contribution is 2.37. The molecule has 0 aromatic carbocycles. The number of nitrogens with two attached hydrogens (primary N) is 1. The standard InChI is InChI=1S/C14H23N3OS/c1-18-9-10-5-7-17(8-6-10)14-16-12-4-2-3-11(15)13(12)19-14/h10-11H,2-9,15H2,1H3.